The molecule has 0 spiro atoms. The molecule has 1 aromatic heterocycles. The molecular formula is C60H46N2. The minimum absolute atomic E-state index is 0.557. The van der Waals surface area contributed by atoms with Crippen molar-refractivity contribution in [1.82, 2.24) is 4.57 Å². The van der Waals surface area contributed by atoms with Gasteiger partial charge in [0.05, 0.1) is 11.0 Å². The number of benzene rings is 9. The van der Waals surface area contributed by atoms with Gasteiger partial charge in [-0.3, -0.25) is 0 Å². The van der Waals surface area contributed by atoms with Gasteiger partial charge in [0.15, 0.2) is 0 Å². The SMILES string of the molecule is c1cc(-c2ccc(N3c4ccccc4[C@@H]4CCCCC43)cc2)cc(-c2ccccc2-c2ccccc2-c2cccc(-c3ccc(-n4c5ccccc5c5ccccc54)cc3)c2)c1. The van der Waals surface area contributed by atoms with Crippen molar-refractivity contribution in [2.24, 2.45) is 0 Å². The molecule has 2 aliphatic rings. The van der Waals surface area contributed by atoms with Crippen molar-refractivity contribution in [2.75, 3.05) is 4.90 Å². The van der Waals surface area contributed by atoms with Crippen molar-refractivity contribution in [3.63, 3.8) is 0 Å². The zero-order valence-corrected chi connectivity index (χ0v) is 34.7. The molecular weight excluding hydrogens is 749 g/mol. The van der Waals surface area contributed by atoms with E-state index in [1.54, 1.807) is 0 Å². The van der Waals surface area contributed by atoms with Crippen molar-refractivity contribution in [3.8, 4) is 61.3 Å². The predicted octanol–water partition coefficient (Wildman–Crippen LogP) is 16.3. The molecule has 1 aliphatic heterocycles. The average molecular weight is 795 g/mol. The summed E-state index contributed by atoms with van der Waals surface area (Å²) in [7, 11) is 0. The van der Waals surface area contributed by atoms with Crippen molar-refractivity contribution >= 4 is 33.2 Å². The van der Waals surface area contributed by atoms with E-state index < -0.39 is 0 Å². The summed E-state index contributed by atoms with van der Waals surface area (Å²) in [5.41, 5.74) is 20.0. The average Bonchev–Trinajstić information content (AvgIpc) is 3.87. The predicted molar refractivity (Wildman–Crippen MR) is 262 cm³/mol. The Bertz CT molecular complexity index is 3210. The van der Waals surface area contributed by atoms with Gasteiger partial charge < -0.3 is 9.47 Å². The lowest BCUT2D eigenvalue weighted by atomic mass is 9.82. The summed E-state index contributed by atoms with van der Waals surface area (Å²) in [6.45, 7) is 0. The number of anilines is 2. The molecule has 1 aliphatic carbocycles. The number of para-hydroxylation sites is 3. The standard InChI is InChI=1S/C60H46N2/c1-3-21-51(49(19-1)45-17-13-15-43(39-45)41-31-35-47(36-32-41)61-57-27-9-5-23-53(57)54-24-6-10-28-58(54)61)52-22-4-2-20-50(52)46-18-14-16-44(40-46)42-33-37-48(38-34-42)62-59-29-11-7-25-55(59)56-26-8-12-30-60(56)62/h1-7,9-11,13-25,27-29,31-40,56,60H,8,12,26,30H2/t56-,60?/m0/s1. The van der Waals surface area contributed by atoms with E-state index in [0.29, 0.717) is 12.0 Å². The van der Waals surface area contributed by atoms with Gasteiger partial charge in [0.25, 0.3) is 0 Å². The monoisotopic (exact) mass is 794 g/mol. The molecule has 2 heteroatoms. The minimum atomic E-state index is 0.557. The molecule has 0 radical (unpaired) electrons. The third-order valence-corrected chi connectivity index (χ3v) is 13.7. The van der Waals surface area contributed by atoms with E-state index in [2.05, 4.69) is 228 Å². The number of hydrogen-bond acceptors (Lipinski definition) is 1. The Morgan fingerprint density at radius 3 is 1.40 bits per heavy atom. The van der Waals surface area contributed by atoms with Gasteiger partial charge in [-0.05, 0) is 129 Å². The van der Waals surface area contributed by atoms with Crippen LogP contribution in [0.1, 0.15) is 37.2 Å². The summed E-state index contributed by atoms with van der Waals surface area (Å²) < 4.78 is 2.38. The summed E-state index contributed by atoms with van der Waals surface area (Å²) in [4.78, 5) is 2.63. The molecule has 12 rings (SSSR count). The molecule has 1 fully saturated rings. The molecule has 10 aromatic rings. The molecule has 0 saturated heterocycles. The van der Waals surface area contributed by atoms with Crippen LogP contribution in [0.15, 0.2) is 218 Å². The van der Waals surface area contributed by atoms with Crippen molar-refractivity contribution < 1.29 is 0 Å². The third kappa shape index (κ3) is 6.17. The zero-order chi connectivity index (χ0) is 41.0. The molecule has 296 valence electrons. The fraction of sp³-hybridized carbons (Fsp3) is 0.100. The molecule has 1 unspecified atom stereocenters. The van der Waals surface area contributed by atoms with Crippen LogP contribution in [0, 0.1) is 0 Å². The highest BCUT2D eigenvalue weighted by molar-refractivity contribution is 6.09. The van der Waals surface area contributed by atoms with Crippen molar-refractivity contribution in [1.29, 1.82) is 0 Å². The first kappa shape index (κ1) is 36.4. The molecule has 0 amide bonds. The maximum Gasteiger partial charge on any atom is 0.0541 e. The highest BCUT2D eigenvalue weighted by Gasteiger charge is 2.40. The second-order valence-electron chi connectivity index (χ2n) is 17.1. The first-order valence-electron chi connectivity index (χ1n) is 22.2. The Morgan fingerprint density at radius 1 is 0.339 bits per heavy atom. The summed E-state index contributed by atoms with van der Waals surface area (Å²) in [6, 6.07) is 81.2. The molecule has 1 saturated carbocycles. The second kappa shape index (κ2) is 15.2. The second-order valence-corrected chi connectivity index (χ2v) is 17.1. The van der Waals surface area contributed by atoms with Crippen LogP contribution >= 0.6 is 0 Å². The van der Waals surface area contributed by atoms with E-state index in [1.807, 2.05) is 0 Å². The highest BCUT2D eigenvalue weighted by Crippen LogP contribution is 2.51. The molecule has 2 nitrogen and oxygen atoms in total. The van der Waals surface area contributed by atoms with E-state index >= 15 is 0 Å². The van der Waals surface area contributed by atoms with Crippen LogP contribution in [0.4, 0.5) is 11.4 Å². The topological polar surface area (TPSA) is 8.17 Å². The number of aromatic nitrogens is 1. The van der Waals surface area contributed by atoms with Gasteiger partial charge in [-0.1, -0.05) is 177 Å². The summed E-state index contributed by atoms with van der Waals surface area (Å²) in [5, 5.41) is 2.55. The van der Waals surface area contributed by atoms with Gasteiger partial charge in [-0.2, -0.15) is 0 Å². The van der Waals surface area contributed by atoms with E-state index in [1.165, 1.54) is 120 Å². The normalized spacial score (nSPS) is 15.8. The van der Waals surface area contributed by atoms with Crippen molar-refractivity contribution in [3.05, 3.63) is 224 Å². The number of hydrogen-bond donors (Lipinski definition) is 0. The molecule has 2 atom stereocenters. The van der Waals surface area contributed by atoms with Crippen LogP contribution in [-0.2, 0) is 0 Å². The third-order valence-electron chi connectivity index (χ3n) is 13.7. The Balaban J connectivity index is 0.852. The van der Waals surface area contributed by atoms with Crippen LogP contribution in [0.2, 0.25) is 0 Å². The van der Waals surface area contributed by atoms with Crippen LogP contribution in [0.3, 0.4) is 0 Å². The first-order valence-corrected chi connectivity index (χ1v) is 22.2. The number of rotatable bonds is 7. The van der Waals surface area contributed by atoms with Gasteiger partial charge in [-0.25, -0.2) is 0 Å². The van der Waals surface area contributed by atoms with Gasteiger partial charge in [-0.15, -0.1) is 0 Å². The minimum Gasteiger partial charge on any atom is -0.338 e. The summed E-state index contributed by atoms with van der Waals surface area (Å²) in [6.07, 6.45) is 5.20. The Hall–Kier alpha value is -7.42. The summed E-state index contributed by atoms with van der Waals surface area (Å²) >= 11 is 0. The first-order chi connectivity index (χ1) is 30.8. The van der Waals surface area contributed by atoms with Gasteiger partial charge in [0, 0.05) is 39.8 Å². The van der Waals surface area contributed by atoms with E-state index in [-0.39, 0.29) is 0 Å². The van der Waals surface area contributed by atoms with E-state index in [9.17, 15) is 0 Å². The molecule has 0 bridgehead atoms. The van der Waals surface area contributed by atoms with E-state index in [4.69, 9.17) is 0 Å². The lowest BCUT2D eigenvalue weighted by molar-refractivity contribution is 0.402. The Labute approximate surface area is 364 Å². The molecule has 2 heterocycles. The van der Waals surface area contributed by atoms with Gasteiger partial charge in [0.1, 0.15) is 0 Å². The summed E-state index contributed by atoms with van der Waals surface area (Å²) in [5.74, 6) is 0.641. The zero-order valence-electron chi connectivity index (χ0n) is 34.7. The molecule has 9 aromatic carbocycles. The van der Waals surface area contributed by atoms with Gasteiger partial charge >= 0.3 is 0 Å². The van der Waals surface area contributed by atoms with Crippen LogP contribution in [-0.4, -0.2) is 10.6 Å². The fourth-order valence-corrected chi connectivity index (χ4v) is 10.8. The number of nitrogens with zero attached hydrogens (tertiary/aromatic N) is 2. The van der Waals surface area contributed by atoms with Crippen LogP contribution < -0.4 is 4.90 Å². The number of fused-ring (bicyclic) bond motifs is 6. The Kier molecular flexibility index (Phi) is 8.96. The maximum absolute atomic E-state index is 2.63. The lowest BCUT2D eigenvalue weighted by Gasteiger charge is -2.33. The van der Waals surface area contributed by atoms with Gasteiger partial charge in [0.2, 0.25) is 0 Å². The van der Waals surface area contributed by atoms with Crippen LogP contribution in [0.25, 0.3) is 83.1 Å². The smallest absolute Gasteiger partial charge is 0.0541 e. The molecule has 0 N–H and O–H groups in total. The van der Waals surface area contributed by atoms with Crippen LogP contribution in [0.5, 0.6) is 0 Å². The largest absolute Gasteiger partial charge is 0.338 e. The molecule has 62 heavy (non-hydrogen) atoms. The maximum atomic E-state index is 2.63. The highest BCUT2D eigenvalue weighted by atomic mass is 15.2. The fourth-order valence-electron chi connectivity index (χ4n) is 10.8. The lowest BCUT2D eigenvalue weighted by Crippen LogP contribution is -2.32. The Morgan fingerprint density at radius 2 is 0.806 bits per heavy atom. The van der Waals surface area contributed by atoms with Crippen molar-refractivity contribution in [2.45, 2.75) is 37.6 Å². The van der Waals surface area contributed by atoms with E-state index in [0.717, 1.165) is 5.69 Å². The quantitative estimate of drug-likeness (QED) is 0.156.